The first kappa shape index (κ1) is 96.0. The van der Waals surface area contributed by atoms with E-state index in [-0.39, 0.29) is 176 Å². The van der Waals surface area contributed by atoms with E-state index in [1.165, 1.54) is 0 Å². The van der Waals surface area contributed by atoms with Crippen LogP contribution in [0.3, 0.4) is 0 Å². The van der Waals surface area contributed by atoms with Crippen LogP contribution in [0.5, 0.6) is 0 Å². The van der Waals surface area contributed by atoms with Gasteiger partial charge < -0.3 is 71.8 Å². The molecular formula is H8Al4F3Mg4O12P3. The van der Waals surface area contributed by atoms with Gasteiger partial charge in [0, 0.05) is 0 Å². The zero-order valence-corrected chi connectivity index (χ0v) is 17.0. The number of halogens is 3. The molecule has 0 radical (unpaired) electrons. The first-order chi connectivity index (χ1) is 6.00. The summed E-state index contributed by atoms with van der Waals surface area (Å²) in [6.45, 7) is 0. The topological polar surface area (TPSA) is 259 Å². The zero-order chi connectivity index (χ0) is 13.5. The molecule has 0 bridgehead atoms. The average molecular weight is 555 g/mol. The van der Waals surface area contributed by atoms with Crippen molar-refractivity contribution in [2.75, 3.05) is 0 Å². The van der Waals surface area contributed by atoms with Crippen LogP contribution in [0, 0.1) is 0 Å². The summed E-state index contributed by atoms with van der Waals surface area (Å²) in [5.74, 6) is 0. The molecule has 136 valence electrons. The average Bonchev–Trinajstić information content (AvgIpc) is 1.41. The van der Waals surface area contributed by atoms with Crippen LogP contribution < -0.4 is 58.2 Å². The molecule has 12 nitrogen and oxygen atoms in total. The summed E-state index contributed by atoms with van der Waals surface area (Å²) in [4.78, 5) is 76.9. The van der Waals surface area contributed by atoms with Crippen LogP contribution in [0.4, 0.5) is 0 Å². The van der Waals surface area contributed by atoms with Gasteiger partial charge in [0.05, 0.1) is 0 Å². The van der Waals surface area contributed by atoms with Crippen molar-refractivity contribution in [1.29, 1.82) is 0 Å². The van der Waals surface area contributed by atoms with Crippen molar-refractivity contribution in [1.82, 2.24) is 0 Å². The summed E-state index contributed by atoms with van der Waals surface area (Å²) >= 11 is 0. The van der Waals surface area contributed by atoms with Crippen LogP contribution in [-0.2, 0) is 13.7 Å². The van der Waals surface area contributed by atoms with Crippen molar-refractivity contribution in [3.05, 3.63) is 0 Å². The molecule has 0 aromatic carbocycles. The van der Waals surface area contributed by atoms with Gasteiger partial charge in [0.25, 0.3) is 0 Å². The van der Waals surface area contributed by atoms with Crippen LogP contribution in [0.1, 0.15) is 0 Å². The SMILES string of the molecule is O=P([O-])([O-])[O-].O=P([O-])([O-])[O-].O=P([O-])([O-])[O-].[Al+3].[Al+3].[Al+3].[Al+3].[F-].[F-].[F-].[MgH2].[MgH2].[MgH2].[MgH2]. The molecular weight excluding hydrogens is 547 g/mol. The Balaban J connectivity index is -0.00000000571. The Hall–Kier alpha value is 5.31. The van der Waals surface area contributed by atoms with Gasteiger partial charge in [-0.15, -0.1) is 0 Å². The van der Waals surface area contributed by atoms with Gasteiger partial charge in [0.1, 0.15) is 0 Å². The van der Waals surface area contributed by atoms with Crippen molar-refractivity contribution in [3.8, 4) is 0 Å². The molecule has 0 saturated carbocycles. The first-order valence-electron chi connectivity index (χ1n) is 2.19. The number of hydrogen-bond donors (Lipinski definition) is 0. The minimum absolute atomic E-state index is 0. The van der Waals surface area contributed by atoms with Gasteiger partial charge in [-0.3, -0.25) is 0 Å². The van der Waals surface area contributed by atoms with E-state index in [1.807, 2.05) is 0 Å². The van der Waals surface area contributed by atoms with Crippen molar-refractivity contribution >= 4 is 185 Å². The molecule has 0 heterocycles. The zero-order valence-electron chi connectivity index (χ0n) is 9.68. The summed E-state index contributed by atoms with van der Waals surface area (Å²) < 4.78 is 25.6. The first-order valence-corrected chi connectivity index (χ1v) is 6.57. The Morgan fingerprint density at radius 3 is 0.346 bits per heavy atom. The molecule has 0 aliphatic carbocycles. The minimum Gasteiger partial charge on any atom is -1.00 e. The van der Waals surface area contributed by atoms with E-state index in [0.717, 1.165) is 0 Å². The molecule has 0 atom stereocenters. The third-order valence-electron chi connectivity index (χ3n) is 0. The predicted octanol–water partition coefficient (Wildman–Crippen LogP) is -22.6. The van der Waals surface area contributed by atoms with Gasteiger partial charge in [-0.2, -0.15) is 23.5 Å². The van der Waals surface area contributed by atoms with Crippen molar-refractivity contribution in [2.24, 2.45) is 0 Å². The second-order valence-corrected chi connectivity index (χ2v) is 4.02. The van der Waals surface area contributed by atoms with Gasteiger partial charge in [-0.25, -0.2) is 0 Å². The van der Waals surface area contributed by atoms with Crippen LogP contribution in [0.15, 0.2) is 0 Å². The minimum atomic E-state index is -5.39. The van der Waals surface area contributed by atoms with Gasteiger partial charge in [0.2, 0.25) is 0 Å². The Morgan fingerprint density at radius 1 is 0.346 bits per heavy atom. The fourth-order valence-electron chi connectivity index (χ4n) is 0. The summed E-state index contributed by atoms with van der Waals surface area (Å²) in [5, 5.41) is 0. The van der Waals surface area contributed by atoms with Crippen molar-refractivity contribution in [2.45, 2.75) is 0 Å². The maximum absolute atomic E-state index is 8.55. The molecule has 26 heteroatoms. The maximum atomic E-state index is 8.55. The van der Waals surface area contributed by atoms with E-state index in [4.69, 9.17) is 57.7 Å². The van der Waals surface area contributed by atoms with Crippen molar-refractivity contribution < 1.29 is 71.8 Å². The Labute approximate surface area is 253 Å². The van der Waals surface area contributed by atoms with Crippen LogP contribution in [0.2, 0.25) is 0 Å². The predicted molar refractivity (Wildman–Crippen MR) is 80.0 cm³/mol. The van der Waals surface area contributed by atoms with E-state index in [1.54, 1.807) is 0 Å². The van der Waals surface area contributed by atoms with Crippen molar-refractivity contribution in [3.63, 3.8) is 0 Å². The molecule has 0 aliphatic rings. The Morgan fingerprint density at radius 2 is 0.346 bits per heavy atom. The number of hydrogen-bond acceptors (Lipinski definition) is 12. The molecule has 0 N–H and O–H groups in total. The largest absolute Gasteiger partial charge is 3.00 e. The van der Waals surface area contributed by atoms with Crippen LogP contribution in [-0.4, -0.2) is 162 Å². The fraction of sp³-hybridized carbons (Fsp3) is 0. The molecule has 0 amide bonds. The molecule has 0 spiro atoms. The normalized spacial score (nSPS) is 6.81. The molecule has 0 aromatic heterocycles. The Bertz CT molecular complexity index is 240. The smallest absolute Gasteiger partial charge is 1.00 e. The molecule has 0 aromatic rings. The molecule has 26 heavy (non-hydrogen) atoms. The van der Waals surface area contributed by atoms with Gasteiger partial charge in [-0.05, 0) is 0 Å². The molecule has 0 fully saturated rings. The summed E-state index contributed by atoms with van der Waals surface area (Å²) in [6, 6.07) is 0. The molecule has 0 unspecified atom stereocenters. The van der Waals surface area contributed by atoms with E-state index >= 15 is 0 Å². The second-order valence-electron chi connectivity index (χ2n) is 1.34. The number of phosphoric acid groups is 3. The van der Waals surface area contributed by atoms with E-state index in [2.05, 4.69) is 0 Å². The third kappa shape index (κ3) is 832. The van der Waals surface area contributed by atoms with E-state index in [0.29, 0.717) is 0 Å². The molecule has 0 aliphatic heterocycles. The van der Waals surface area contributed by atoms with Crippen LogP contribution >= 0.6 is 23.5 Å². The monoisotopic (exact) mass is 554 g/mol. The molecule has 0 saturated heterocycles. The van der Waals surface area contributed by atoms with E-state index in [9.17, 15) is 0 Å². The number of rotatable bonds is 0. The molecule has 0 rings (SSSR count). The summed E-state index contributed by atoms with van der Waals surface area (Å²) in [6.07, 6.45) is 0. The third-order valence-corrected chi connectivity index (χ3v) is 0. The standard InChI is InChI=1S/4Al.3FH.4Mg.3H3O4P.8H/c;;;;;;;;;;;3*1-5(2,3)4;;;;;;;;/h;;;;3*1H;;;;;3*(H3,1,2,3,4);;;;;;;;/q4*+3;;;;;;;;;;;;;;;;;;/p-12. The summed E-state index contributed by atoms with van der Waals surface area (Å²) in [5.41, 5.74) is 0. The van der Waals surface area contributed by atoms with Gasteiger partial charge in [-0.1, -0.05) is 0 Å². The maximum Gasteiger partial charge on any atom is 3.00 e. The van der Waals surface area contributed by atoms with Crippen LogP contribution in [0.25, 0.3) is 0 Å². The Kier molecular flexibility index (Phi) is 177. The quantitative estimate of drug-likeness (QED) is 0.199. The van der Waals surface area contributed by atoms with E-state index < -0.39 is 23.5 Å². The second kappa shape index (κ2) is 47.9. The summed E-state index contributed by atoms with van der Waals surface area (Å²) in [7, 11) is -16.2. The van der Waals surface area contributed by atoms with Gasteiger partial charge >= 0.3 is 162 Å². The fourth-order valence-corrected chi connectivity index (χ4v) is 0. The van der Waals surface area contributed by atoms with Gasteiger partial charge in [0.15, 0.2) is 0 Å².